The molecule has 1 atom stereocenters. The number of benzene rings is 4. The minimum Gasteiger partial charge on any atom is -0.480 e. The molecule has 1 aliphatic carbocycles. The summed E-state index contributed by atoms with van der Waals surface area (Å²) in [5, 5.41) is 13.5. The summed E-state index contributed by atoms with van der Waals surface area (Å²) in [5.74, 6) is -1.30. The molecule has 0 fully saturated rings. The first-order chi connectivity index (χ1) is 19.3. The van der Waals surface area contributed by atoms with Gasteiger partial charge in [0.2, 0.25) is 10.0 Å². The van der Waals surface area contributed by atoms with Crippen molar-refractivity contribution in [2.24, 2.45) is 0 Å². The molecule has 0 saturated heterocycles. The summed E-state index contributed by atoms with van der Waals surface area (Å²) in [5.41, 5.74) is 4.34. The van der Waals surface area contributed by atoms with E-state index < -0.39 is 28.1 Å². The summed E-state index contributed by atoms with van der Waals surface area (Å²) in [7, 11) is -3.74. The number of fused-ring (bicyclic) bond motifs is 4. The number of sulfonamides is 1. The summed E-state index contributed by atoms with van der Waals surface area (Å²) < 4.78 is 33.8. The number of amides is 1. The van der Waals surface area contributed by atoms with Crippen LogP contribution in [0.5, 0.6) is 0 Å². The van der Waals surface area contributed by atoms with Crippen molar-refractivity contribution in [2.45, 2.75) is 36.1 Å². The molecule has 1 aliphatic rings. The van der Waals surface area contributed by atoms with E-state index >= 15 is 0 Å². The van der Waals surface area contributed by atoms with Gasteiger partial charge in [-0.15, -0.1) is 0 Å². The fourth-order valence-corrected chi connectivity index (χ4v) is 6.53. The normalized spacial score (nSPS) is 13.4. The van der Waals surface area contributed by atoms with Crippen LogP contribution >= 0.6 is 0 Å². The predicted molar refractivity (Wildman–Crippen MR) is 153 cm³/mol. The fraction of sp³-hybridized carbons (Fsp3) is 0.226. The van der Waals surface area contributed by atoms with E-state index in [2.05, 4.69) is 10.0 Å². The Kier molecular flexibility index (Phi) is 8.14. The lowest BCUT2D eigenvalue weighted by molar-refractivity contribution is -0.139. The van der Waals surface area contributed by atoms with Crippen LogP contribution in [0, 0.1) is 0 Å². The van der Waals surface area contributed by atoms with Gasteiger partial charge < -0.3 is 15.2 Å². The van der Waals surface area contributed by atoms with Gasteiger partial charge in [0.05, 0.1) is 4.90 Å². The van der Waals surface area contributed by atoms with E-state index in [0.717, 1.165) is 27.6 Å². The standard InChI is InChI=1S/C31H30N2O6S/c34-30(35)28(17-7-8-19-32-40(37,38)29-18-9-11-21-10-1-2-12-22(21)29)33-31(36)39-20-27-25-15-5-3-13-23(25)24-14-4-6-16-26(24)27/h1-6,9-16,18,27-28,32H,7-8,17,19-20H2,(H,33,36)(H,34,35). The number of hydrogen-bond acceptors (Lipinski definition) is 5. The molecule has 206 valence electrons. The van der Waals surface area contributed by atoms with Gasteiger partial charge >= 0.3 is 12.1 Å². The fourth-order valence-electron chi connectivity index (χ4n) is 5.23. The Balaban J connectivity index is 1.11. The van der Waals surface area contributed by atoms with Crippen molar-refractivity contribution in [2.75, 3.05) is 13.2 Å². The lowest BCUT2D eigenvalue weighted by atomic mass is 9.98. The van der Waals surface area contributed by atoms with E-state index in [9.17, 15) is 23.1 Å². The Bertz CT molecular complexity index is 1600. The largest absolute Gasteiger partial charge is 0.480 e. The van der Waals surface area contributed by atoms with E-state index in [1.54, 1.807) is 24.3 Å². The average molecular weight is 559 g/mol. The molecule has 1 unspecified atom stereocenters. The van der Waals surface area contributed by atoms with Crippen molar-refractivity contribution in [1.29, 1.82) is 0 Å². The van der Waals surface area contributed by atoms with E-state index in [4.69, 9.17) is 4.74 Å². The number of alkyl carbamates (subject to hydrolysis) is 1. The van der Waals surface area contributed by atoms with Crippen LogP contribution in [0.25, 0.3) is 21.9 Å². The number of rotatable bonds is 11. The third-order valence-electron chi connectivity index (χ3n) is 7.18. The quantitative estimate of drug-likeness (QED) is 0.215. The monoisotopic (exact) mass is 558 g/mol. The van der Waals surface area contributed by atoms with Crippen LogP contribution in [-0.2, 0) is 19.6 Å². The number of unbranched alkanes of at least 4 members (excludes halogenated alkanes) is 1. The Morgan fingerprint density at radius 1 is 0.825 bits per heavy atom. The molecule has 40 heavy (non-hydrogen) atoms. The smallest absolute Gasteiger partial charge is 0.407 e. The van der Waals surface area contributed by atoms with Gasteiger partial charge in [0.15, 0.2) is 0 Å². The number of carboxylic acids is 1. The van der Waals surface area contributed by atoms with Crippen LogP contribution in [0.1, 0.15) is 36.3 Å². The van der Waals surface area contributed by atoms with Gasteiger partial charge in [-0.1, -0.05) is 84.9 Å². The summed E-state index contributed by atoms with van der Waals surface area (Å²) >= 11 is 0. The Morgan fingerprint density at radius 2 is 1.45 bits per heavy atom. The Morgan fingerprint density at radius 3 is 2.15 bits per heavy atom. The molecular weight excluding hydrogens is 528 g/mol. The van der Waals surface area contributed by atoms with Crippen molar-refractivity contribution >= 4 is 32.9 Å². The molecule has 4 aromatic rings. The van der Waals surface area contributed by atoms with Gasteiger partial charge in [-0.2, -0.15) is 0 Å². The average Bonchev–Trinajstić information content (AvgIpc) is 3.28. The van der Waals surface area contributed by atoms with Crippen molar-refractivity contribution in [3.05, 3.63) is 102 Å². The van der Waals surface area contributed by atoms with Gasteiger partial charge in [-0.3, -0.25) is 0 Å². The van der Waals surface area contributed by atoms with Crippen LogP contribution in [0.3, 0.4) is 0 Å². The summed E-state index contributed by atoms with van der Waals surface area (Å²) in [6.07, 6.45) is 0.125. The molecular formula is C31H30N2O6S. The van der Waals surface area contributed by atoms with Crippen LogP contribution in [0.2, 0.25) is 0 Å². The summed E-state index contributed by atoms with van der Waals surface area (Å²) in [6, 6.07) is 27.1. The number of hydrogen-bond donors (Lipinski definition) is 3. The van der Waals surface area contributed by atoms with Crippen molar-refractivity contribution in [3.63, 3.8) is 0 Å². The van der Waals surface area contributed by atoms with Crippen LogP contribution in [0.15, 0.2) is 95.9 Å². The molecule has 0 aliphatic heterocycles. The maximum absolute atomic E-state index is 12.9. The molecule has 0 heterocycles. The SMILES string of the molecule is O=C(NC(CCCCNS(=O)(=O)c1cccc2ccccc12)C(=O)O)OCC1c2ccccc2-c2ccccc21. The zero-order valence-corrected chi connectivity index (χ0v) is 22.6. The first-order valence-electron chi connectivity index (χ1n) is 13.2. The number of ether oxygens (including phenoxy) is 1. The van der Waals surface area contributed by atoms with Gasteiger partial charge in [-0.25, -0.2) is 22.7 Å². The second-order valence-electron chi connectivity index (χ2n) is 9.73. The molecule has 5 rings (SSSR count). The lowest BCUT2D eigenvalue weighted by Gasteiger charge is -2.17. The van der Waals surface area contributed by atoms with E-state index in [1.165, 1.54) is 0 Å². The molecule has 0 aromatic heterocycles. The van der Waals surface area contributed by atoms with Crippen molar-refractivity contribution < 1.29 is 27.9 Å². The zero-order chi connectivity index (χ0) is 28.1. The van der Waals surface area contributed by atoms with E-state index in [0.29, 0.717) is 18.2 Å². The zero-order valence-electron chi connectivity index (χ0n) is 21.7. The highest BCUT2D eigenvalue weighted by Crippen LogP contribution is 2.44. The van der Waals surface area contributed by atoms with E-state index in [-0.39, 0.29) is 30.4 Å². The Labute approximate surface area is 233 Å². The molecule has 1 amide bonds. The van der Waals surface area contributed by atoms with Crippen molar-refractivity contribution in [3.8, 4) is 11.1 Å². The molecule has 0 saturated carbocycles. The summed E-state index contributed by atoms with van der Waals surface area (Å²) in [6.45, 7) is 0.227. The van der Waals surface area contributed by atoms with Gasteiger partial charge in [0, 0.05) is 17.8 Å². The van der Waals surface area contributed by atoms with Crippen LogP contribution < -0.4 is 10.0 Å². The van der Waals surface area contributed by atoms with Gasteiger partial charge in [-0.05, 0) is 53.0 Å². The minimum atomic E-state index is -3.74. The summed E-state index contributed by atoms with van der Waals surface area (Å²) in [4.78, 5) is 24.5. The third kappa shape index (κ3) is 5.85. The van der Waals surface area contributed by atoms with Crippen LogP contribution in [0.4, 0.5) is 4.79 Å². The number of nitrogens with one attached hydrogen (secondary N) is 2. The van der Waals surface area contributed by atoms with Crippen molar-refractivity contribution in [1.82, 2.24) is 10.0 Å². The number of carboxylic acid groups (broad SMARTS) is 1. The second kappa shape index (κ2) is 11.9. The third-order valence-corrected chi connectivity index (χ3v) is 8.70. The minimum absolute atomic E-state index is 0.0855. The molecule has 8 nitrogen and oxygen atoms in total. The highest BCUT2D eigenvalue weighted by Gasteiger charge is 2.29. The maximum atomic E-state index is 12.9. The molecule has 0 spiro atoms. The first kappa shape index (κ1) is 27.4. The maximum Gasteiger partial charge on any atom is 0.407 e. The molecule has 9 heteroatoms. The molecule has 4 aromatic carbocycles. The molecule has 3 N–H and O–H groups in total. The number of carbonyl (C=O) groups excluding carboxylic acids is 1. The molecule has 0 bridgehead atoms. The topological polar surface area (TPSA) is 122 Å². The van der Waals surface area contributed by atoms with Gasteiger partial charge in [0.1, 0.15) is 12.6 Å². The predicted octanol–water partition coefficient (Wildman–Crippen LogP) is 5.28. The first-order valence-corrected chi connectivity index (χ1v) is 14.7. The van der Waals surface area contributed by atoms with Gasteiger partial charge in [0.25, 0.3) is 0 Å². The highest BCUT2D eigenvalue weighted by atomic mass is 32.2. The van der Waals surface area contributed by atoms with E-state index in [1.807, 2.05) is 66.7 Å². The number of aliphatic carboxylic acids is 1. The molecule has 0 radical (unpaired) electrons. The highest BCUT2D eigenvalue weighted by molar-refractivity contribution is 7.89. The number of carbonyl (C=O) groups is 2. The lowest BCUT2D eigenvalue weighted by Crippen LogP contribution is -2.41. The Hall–Kier alpha value is -4.21. The van der Waals surface area contributed by atoms with Crippen LogP contribution in [-0.4, -0.2) is 44.8 Å². The second-order valence-corrected chi connectivity index (χ2v) is 11.5.